The number of benzene rings is 1. The lowest BCUT2D eigenvalue weighted by molar-refractivity contribution is -0.119. The Morgan fingerprint density at radius 1 is 1.46 bits per heavy atom. The molecular formula is C17H19FN2O3S. The summed E-state index contributed by atoms with van der Waals surface area (Å²) in [6.45, 7) is 1.82. The number of halogens is 1. The van der Waals surface area contributed by atoms with Crippen molar-refractivity contribution in [2.24, 2.45) is 5.16 Å². The van der Waals surface area contributed by atoms with Crippen molar-refractivity contribution in [1.82, 2.24) is 5.32 Å². The summed E-state index contributed by atoms with van der Waals surface area (Å²) in [5.41, 5.74) is 1.95. The molecule has 0 radical (unpaired) electrons. The fourth-order valence-corrected chi connectivity index (χ4v) is 3.90. The fourth-order valence-electron chi connectivity index (χ4n) is 2.95. The van der Waals surface area contributed by atoms with Gasteiger partial charge in [-0.15, -0.1) is 0 Å². The Morgan fingerprint density at radius 3 is 3.00 bits per heavy atom. The van der Waals surface area contributed by atoms with Crippen molar-refractivity contribution < 1.29 is 18.8 Å². The average molecular weight is 350 g/mol. The highest BCUT2D eigenvalue weighted by molar-refractivity contribution is 8.13. The second-order valence-corrected chi connectivity index (χ2v) is 7.21. The molecule has 1 amide bonds. The summed E-state index contributed by atoms with van der Waals surface area (Å²) < 4.78 is 14.5. The van der Waals surface area contributed by atoms with Crippen LogP contribution in [0.5, 0.6) is 0 Å². The number of carbonyl (C=O) groups excluding carboxylic acids is 2. The molecular weight excluding hydrogens is 331 g/mol. The smallest absolute Gasteiger partial charge is 0.217 e. The van der Waals surface area contributed by atoms with E-state index < -0.39 is 0 Å². The highest BCUT2D eigenvalue weighted by Crippen LogP contribution is 2.34. The zero-order valence-corrected chi connectivity index (χ0v) is 14.2. The van der Waals surface area contributed by atoms with E-state index in [1.54, 1.807) is 6.07 Å². The summed E-state index contributed by atoms with van der Waals surface area (Å²) in [5.74, 6) is 0.283. The molecule has 0 aliphatic carbocycles. The number of thioether (sulfide) groups is 1. The van der Waals surface area contributed by atoms with Gasteiger partial charge in [0.15, 0.2) is 5.12 Å². The molecule has 5 nitrogen and oxygen atoms in total. The van der Waals surface area contributed by atoms with Crippen LogP contribution in [-0.4, -0.2) is 35.1 Å². The second kappa shape index (κ2) is 7.34. The van der Waals surface area contributed by atoms with E-state index in [0.29, 0.717) is 36.2 Å². The van der Waals surface area contributed by atoms with Gasteiger partial charge in [0.25, 0.3) is 0 Å². The molecule has 128 valence electrons. The molecule has 3 rings (SSSR count). The van der Waals surface area contributed by atoms with Gasteiger partial charge >= 0.3 is 0 Å². The van der Waals surface area contributed by atoms with E-state index in [9.17, 15) is 14.0 Å². The van der Waals surface area contributed by atoms with E-state index in [1.807, 2.05) is 6.07 Å². The molecule has 1 aromatic carbocycles. The normalized spacial score (nSPS) is 23.6. The SMILES string of the molecule is CC(=O)NCC1CC(c2ccc(C3CCSC(=O)C3)c(F)c2)=NO1. The lowest BCUT2D eigenvalue weighted by Gasteiger charge is -2.21. The highest BCUT2D eigenvalue weighted by Gasteiger charge is 2.26. The number of carbonyl (C=O) groups is 2. The van der Waals surface area contributed by atoms with Gasteiger partial charge in [0.2, 0.25) is 5.91 Å². The van der Waals surface area contributed by atoms with Gasteiger partial charge in [-0.3, -0.25) is 9.59 Å². The van der Waals surface area contributed by atoms with Gasteiger partial charge < -0.3 is 10.2 Å². The van der Waals surface area contributed by atoms with Crippen LogP contribution in [0, 0.1) is 5.82 Å². The van der Waals surface area contributed by atoms with Crippen LogP contribution in [-0.2, 0) is 14.4 Å². The summed E-state index contributed by atoms with van der Waals surface area (Å²) in [5, 5.41) is 6.81. The number of nitrogens with one attached hydrogen (secondary N) is 1. The Bertz CT molecular complexity index is 692. The summed E-state index contributed by atoms with van der Waals surface area (Å²) in [6, 6.07) is 5.04. The molecule has 1 saturated heterocycles. The quantitative estimate of drug-likeness (QED) is 0.906. The molecule has 2 aliphatic rings. The first kappa shape index (κ1) is 17.0. The van der Waals surface area contributed by atoms with E-state index >= 15 is 0 Å². The maximum absolute atomic E-state index is 14.5. The van der Waals surface area contributed by atoms with Crippen LogP contribution in [0.25, 0.3) is 0 Å². The maximum Gasteiger partial charge on any atom is 0.217 e. The van der Waals surface area contributed by atoms with Crippen LogP contribution < -0.4 is 5.32 Å². The van der Waals surface area contributed by atoms with E-state index in [-0.39, 0.29) is 28.9 Å². The molecule has 0 bridgehead atoms. The first-order valence-electron chi connectivity index (χ1n) is 7.95. The Hall–Kier alpha value is -1.89. The van der Waals surface area contributed by atoms with Gasteiger partial charge in [-0.25, -0.2) is 4.39 Å². The van der Waals surface area contributed by atoms with Gasteiger partial charge in [0.05, 0.1) is 12.3 Å². The molecule has 1 fully saturated rings. The van der Waals surface area contributed by atoms with Crippen LogP contribution in [0.1, 0.15) is 43.2 Å². The van der Waals surface area contributed by atoms with E-state index in [0.717, 1.165) is 12.2 Å². The molecule has 2 heterocycles. The third kappa shape index (κ3) is 3.95. The Balaban J connectivity index is 1.67. The largest absolute Gasteiger partial charge is 0.390 e. The first-order valence-corrected chi connectivity index (χ1v) is 8.94. The number of amides is 1. The lowest BCUT2D eigenvalue weighted by Crippen LogP contribution is -2.30. The first-order chi connectivity index (χ1) is 11.5. The standard InChI is InChI=1S/C17H19FN2O3S/c1-10(21)19-9-13-8-16(20-23-13)12-2-3-14(15(18)6-12)11-4-5-24-17(22)7-11/h2-3,6,11,13H,4-5,7-9H2,1H3,(H,19,21). The number of rotatable bonds is 4. The average Bonchev–Trinajstić information content (AvgIpc) is 3.02. The van der Waals surface area contributed by atoms with Gasteiger partial charge in [0, 0.05) is 31.1 Å². The summed E-state index contributed by atoms with van der Waals surface area (Å²) in [6.07, 6.45) is 1.51. The Kier molecular flexibility index (Phi) is 5.18. The van der Waals surface area contributed by atoms with E-state index in [4.69, 9.17) is 4.84 Å². The molecule has 2 atom stereocenters. The topological polar surface area (TPSA) is 67.8 Å². The van der Waals surface area contributed by atoms with Crippen LogP contribution in [0.2, 0.25) is 0 Å². The number of hydrogen-bond donors (Lipinski definition) is 1. The molecule has 7 heteroatoms. The molecule has 1 aromatic rings. The van der Waals surface area contributed by atoms with Crippen molar-refractivity contribution in [1.29, 1.82) is 0 Å². The monoisotopic (exact) mass is 350 g/mol. The van der Waals surface area contributed by atoms with Crippen molar-refractivity contribution in [2.45, 2.75) is 38.2 Å². The second-order valence-electron chi connectivity index (χ2n) is 6.05. The summed E-state index contributed by atoms with van der Waals surface area (Å²) >= 11 is 1.33. The van der Waals surface area contributed by atoms with Crippen LogP contribution in [0.3, 0.4) is 0 Å². The molecule has 0 spiro atoms. The number of oxime groups is 1. The van der Waals surface area contributed by atoms with Crippen molar-refractivity contribution in [3.8, 4) is 0 Å². The summed E-state index contributed by atoms with van der Waals surface area (Å²) in [7, 11) is 0. The van der Waals surface area contributed by atoms with Crippen molar-refractivity contribution in [3.05, 3.63) is 35.1 Å². The maximum atomic E-state index is 14.5. The van der Waals surface area contributed by atoms with E-state index in [1.165, 1.54) is 24.8 Å². The fraction of sp³-hybridized carbons (Fsp3) is 0.471. The van der Waals surface area contributed by atoms with Crippen molar-refractivity contribution in [2.75, 3.05) is 12.3 Å². The summed E-state index contributed by atoms with van der Waals surface area (Å²) in [4.78, 5) is 27.8. The Morgan fingerprint density at radius 2 is 2.29 bits per heavy atom. The molecule has 2 aliphatic heterocycles. The number of nitrogens with zero attached hydrogens (tertiary/aromatic N) is 1. The minimum atomic E-state index is -0.301. The third-order valence-corrected chi connectivity index (χ3v) is 5.16. The molecule has 0 aromatic heterocycles. The molecule has 24 heavy (non-hydrogen) atoms. The van der Waals surface area contributed by atoms with Crippen LogP contribution in [0.4, 0.5) is 4.39 Å². The van der Waals surface area contributed by atoms with Gasteiger partial charge in [-0.2, -0.15) is 0 Å². The zero-order chi connectivity index (χ0) is 17.1. The minimum Gasteiger partial charge on any atom is -0.390 e. The predicted molar refractivity (Wildman–Crippen MR) is 90.6 cm³/mol. The van der Waals surface area contributed by atoms with Gasteiger partial charge in [-0.1, -0.05) is 29.1 Å². The zero-order valence-electron chi connectivity index (χ0n) is 13.4. The lowest BCUT2D eigenvalue weighted by atomic mass is 9.91. The van der Waals surface area contributed by atoms with Gasteiger partial charge in [-0.05, 0) is 24.0 Å². The van der Waals surface area contributed by atoms with Crippen molar-refractivity contribution >= 4 is 28.5 Å². The van der Waals surface area contributed by atoms with Crippen molar-refractivity contribution in [3.63, 3.8) is 0 Å². The number of hydrogen-bond acceptors (Lipinski definition) is 5. The molecule has 1 N–H and O–H groups in total. The predicted octanol–water partition coefficient (Wildman–Crippen LogP) is 2.59. The minimum absolute atomic E-state index is 0.0397. The van der Waals surface area contributed by atoms with Crippen LogP contribution in [0.15, 0.2) is 23.4 Å². The Labute approximate surface area is 144 Å². The third-order valence-electron chi connectivity index (χ3n) is 4.23. The van der Waals surface area contributed by atoms with Crippen LogP contribution >= 0.6 is 11.8 Å². The van der Waals surface area contributed by atoms with E-state index in [2.05, 4.69) is 10.5 Å². The molecule has 2 unspecified atom stereocenters. The highest BCUT2D eigenvalue weighted by atomic mass is 32.2. The molecule has 0 saturated carbocycles. The van der Waals surface area contributed by atoms with Gasteiger partial charge in [0.1, 0.15) is 11.9 Å².